The lowest BCUT2D eigenvalue weighted by Crippen LogP contribution is -2.44. The van der Waals surface area contributed by atoms with Crippen molar-refractivity contribution in [2.24, 2.45) is 7.05 Å². The van der Waals surface area contributed by atoms with Crippen molar-refractivity contribution in [2.75, 3.05) is 0 Å². The molecule has 5 nitrogen and oxygen atoms in total. The van der Waals surface area contributed by atoms with Crippen LogP contribution in [0.4, 0.5) is 0 Å². The minimum Gasteiger partial charge on any atom is -0.350 e. The van der Waals surface area contributed by atoms with E-state index in [4.69, 9.17) is 12.2 Å². The summed E-state index contributed by atoms with van der Waals surface area (Å²) in [7, 11) is 1.97. The van der Waals surface area contributed by atoms with Gasteiger partial charge in [-0.2, -0.15) is 5.01 Å². The molecule has 1 fully saturated rings. The van der Waals surface area contributed by atoms with Gasteiger partial charge in [-0.3, -0.25) is 15.0 Å². The summed E-state index contributed by atoms with van der Waals surface area (Å²) in [5.74, 6) is -0.699. The maximum atomic E-state index is 12.8. The first-order valence-corrected chi connectivity index (χ1v) is 9.86. The molecule has 0 spiro atoms. The van der Waals surface area contributed by atoms with Gasteiger partial charge in [0.25, 0.3) is 11.8 Å². The van der Waals surface area contributed by atoms with Crippen molar-refractivity contribution in [2.45, 2.75) is 6.92 Å². The number of fused-ring (bicyclic) bond motifs is 1. The third-order valence-corrected chi connectivity index (χ3v) is 5.80. The van der Waals surface area contributed by atoms with Crippen LogP contribution in [0.3, 0.4) is 0 Å². The van der Waals surface area contributed by atoms with E-state index in [1.54, 1.807) is 18.2 Å². The van der Waals surface area contributed by atoms with Gasteiger partial charge in [0.2, 0.25) is 0 Å². The molecule has 0 bridgehead atoms. The van der Waals surface area contributed by atoms with Crippen molar-refractivity contribution in [3.05, 3.63) is 76.3 Å². The molecule has 1 aromatic heterocycles. The Morgan fingerprint density at radius 3 is 2.75 bits per heavy atom. The molecule has 140 valence electrons. The first-order valence-electron chi connectivity index (χ1n) is 8.64. The van der Waals surface area contributed by atoms with Gasteiger partial charge in [-0.1, -0.05) is 47.7 Å². The van der Waals surface area contributed by atoms with Crippen LogP contribution in [0.15, 0.2) is 59.6 Å². The van der Waals surface area contributed by atoms with Gasteiger partial charge < -0.3 is 4.57 Å². The van der Waals surface area contributed by atoms with Crippen molar-refractivity contribution in [1.82, 2.24) is 15.0 Å². The van der Waals surface area contributed by atoms with Crippen LogP contribution in [0.5, 0.6) is 0 Å². The van der Waals surface area contributed by atoms with E-state index >= 15 is 0 Å². The van der Waals surface area contributed by atoms with Gasteiger partial charge in [0.15, 0.2) is 4.32 Å². The highest BCUT2D eigenvalue weighted by Gasteiger charge is 2.34. The summed E-state index contributed by atoms with van der Waals surface area (Å²) in [6, 6.07) is 15.2. The number of hydrazine groups is 1. The van der Waals surface area contributed by atoms with Crippen molar-refractivity contribution in [3.63, 3.8) is 0 Å². The zero-order chi connectivity index (χ0) is 19.8. The fraction of sp³-hybridized carbons (Fsp3) is 0.0952. The van der Waals surface area contributed by atoms with Gasteiger partial charge in [0, 0.05) is 35.3 Å². The Labute approximate surface area is 172 Å². The predicted octanol–water partition coefficient (Wildman–Crippen LogP) is 4.03. The van der Waals surface area contributed by atoms with Gasteiger partial charge in [0.1, 0.15) is 0 Å². The summed E-state index contributed by atoms with van der Waals surface area (Å²) in [6.07, 6.45) is 3.79. The molecule has 1 N–H and O–H groups in total. The number of thioether (sulfide) groups is 1. The number of hydrogen-bond donors (Lipinski definition) is 1. The van der Waals surface area contributed by atoms with Crippen molar-refractivity contribution < 1.29 is 9.59 Å². The molecule has 2 heterocycles. The monoisotopic (exact) mass is 407 g/mol. The first kappa shape index (κ1) is 18.5. The SMILES string of the molecule is Cc1cccc(C(=O)NN2C(=O)/C(=C/c3cn(C)c4ccccc34)SC2=S)c1. The average molecular weight is 408 g/mol. The molecule has 0 radical (unpaired) electrons. The predicted molar refractivity (Wildman–Crippen MR) is 117 cm³/mol. The summed E-state index contributed by atoms with van der Waals surface area (Å²) < 4.78 is 2.32. The lowest BCUT2D eigenvalue weighted by atomic mass is 10.1. The number of thiocarbonyl (C=S) groups is 1. The number of rotatable bonds is 3. The number of nitrogens with zero attached hydrogens (tertiary/aromatic N) is 2. The minimum atomic E-state index is -0.369. The number of para-hydroxylation sites is 1. The van der Waals surface area contributed by atoms with E-state index < -0.39 is 0 Å². The molecule has 7 heteroatoms. The highest BCUT2D eigenvalue weighted by Crippen LogP contribution is 2.33. The summed E-state index contributed by atoms with van der Waals surface area (Å²) >= 11 is 6.49. The Hall–Kier alpha value is -2.90. The quantitative estimate of drug-likeness (QED) is 0.526. The number of carbonyl (C=O) groups excluding carboxylic acids is 2. The molecule has 1 aliphatic heterocycles. The number of hydrogen-bond acceptors (Lipinski definition) is 4. The van der Waals surface area contributed by atoms with E-state index in [1.165, 1.54) is 11.8 Å². The van der Waals surface area contributed by atoms with E-state index in [-0.39, 0.29) is 11.8 Å². The average Bonchev–Trinajstić information content (AvgIpc) is 3.13. The summed E-state index contributed by atoms with van der Waals surface area (Å²) in [5.41, 5.74) is 6.08. The Morgan fingerprint density at radius 1 is 1.18 bits per heavy atom. The van der Waals surface area contributed by atoms with E-state index in [0.717, 1.165) is 27.0 Å². The Morgan fingerprint density at radius 2 is 1.96 bits per heavy atom. The van der Waals surface area contributed by atoms with E-state index in [0.29, 0.717) is 14.8 Å². The van der Waals surface area contributed by atoms with Crippen LogP contribution in [0.1, 0.15) is 21.5 Å². The van der Waals surface area contributed by atoms with Crippen LogP contribution in [0, 0.1) is 6.92 Å². The zero-order valence-electron chi connectivity index (χ0n) is 15.3. The Balaban J connectivity index is 1.60. The van der Waals surface area contributed by atoms with Crippen molar-refractivity contribution in [1.29, 1.82) is 0 Å². The van der Waals surface area contributed by atoms with E-state index in [2.05, 4.69) is 5.43 Å². The van der Waals surface area contributed by atoms with Gasteiger partial charge in [-0.15, -0.1) is 0 Å². The molecular weight excluding hydrogens is 390 g/mol. The molecule has 0 aliphatic carbocycles. The van der Waals surface area contributed by atoms with Crippen LogP contribution in [-0.2, 0) is 11.8 Å². The molecule has 2 aromatic carbocycles. The number of amides is 2. The van der Waals surface area contributed by atoms with Gasteiger partial charge in [-0.05, 0) is 43.4 Å². The van der Waals surface area contributed by atoms with Crippen molar-refractivity contribution >= 4 is 57.1 Å². The Bertz CT molecular complexity index is 1160. The maximum Gasteiger partial charge on any atom is 0.285 e. The van der Waals surface area contributed by atoms with Crippen LogP contribution < -0.4 is 5.43 Å². The van der Waals surface area contributed by atoms with Gasteiger partial charge in [0.05, 0.1) is 4.91 Å². The second kappa shape index (κ2) is 7.26. The number of carbonyl (C=O) groups is 2. The highest BCUT2D eigenvalue weighted by molar-refractivity contribution is 8.26. The second-order valence-electron chi connectivity index (χ2n) is 6.54. The smallest absolute Gasteiger partial charge is 0.285 e. The Kier molecular flexibility index (Phi) is 4.78. The summed E-state index contributed by atoms with van der Waals surface area (Å²) in [5, 5.41) is 2.20. The number of aryl methyl sites for hydroxylation is 2. The molecule has 1 saturated heterocycles. The van der Waals surface area contributed by atoms with Gasteiger partial charge >= 0.3 is 0 Å². The fourth-order valence-corrected chi connectivity index (χ4v) is 4.32. The minimum absolute atomic E-state index is 0.303. The molecular formula is C21H17N3O2S2. The molecule has 0 saturated carbocycles. The van der Waals surface area contributed by atoms with Crippen LogP contribution in [0.25, 0.3) is 17.0 Å². The molecule has 3 aromatic rings. The molecule has 0 atom stereocenters. The van der Waals surface area contributed by atoms with Crippen molar-refractivity contribution in [3.8, 4) is 0 Å². The van der Waals surface area contributed by atoms with E-state index in [1.807, 2.05) is 61.1 Å². The third kappa shape index (κ3) is 3.34. The maximum absolute atomic E-state index is 12.8. The van der Waals surface area contributed by atoms with E-state index in [9.17, 15) is 9.59 Å². The standard InChI is InChI=1S/C21H17N3O2S2/c1-13-6-5-7-14(10-13)19(25)22-24-20(26)18(28-21(24)27)11-15-12-23(2)17-9-4-3-8-16(15)17/h3-12H,1-2H3,(H,22,25)/b18-11-. The largest absolute Gasteiger partial charge is 0.350 e. The highest BCUT2D eigenvalue weighted by atomic mass is 32.2. The molecule has 28 heavy (non-hydrogen) atoms. The lowest BCUT2D eigenvalue weighted by molar-refractivity contribution is -0.123. The zero-order valence-corrected chi connectivity index (χ0v) is 16.9. The third-order valence-electron chi connectivity index (χ3n) is 4.50. The number of benzene rings is 2. The lowest BCUT2D eigenvalue weighted by Gasteiger charge is -2.15. The summed E-state index contributed by atoms with van der Waals surface area (Å²) in [4.78, 5) is 25.8. The molecule has 2 amide bonds. The normalized spacial score (nSPS) is 15.6. The molecule has 1 aliphatic rings. The van der Waals surface area contributed by atoms with Crippen LogP contribution in [-0.4, -0.2) is 25.7 Å². The molecule has 0 unspecified atom stereocenters. The second-order valence-corrected chi connectivity index (χ2v) is 8.22. The van der Waals surface area contributed by atoms with Crippen LogP contribution in [0.2, 0.25) is 0 Å². The van der Waals surface area contributed by atoms with Crippen LogP contribution >= 0.6 is 24.0 Å². The number of aromatic nitrogens is 1. The fourth-order valence-electron chi connectivity index (χ4n) is 3.15. The summed E-state index contributed by atoms with van der Waals surface area (Å²) in [6.45, 7) is 1.91. The topological polar surface area (TPSA) is 54.3 Å². The molecule has 4 rings (SSSR count). The van der Waals surface area contributed by atoms with Gasteiger partial charge in [-0.25, -0.2) is 0 Å². The number of nitrogens with one attached hydrogen (secondary N) is 1. The first-order chi connectivity index (χ1) is 13.4.